The van der Waals surface area contributed by atoms with E-state index in [0.717, 1.165) is 51.1 Å². The first kappa shape index (κ1) is 17.7. The van der Waals surface area contributed by atoms with Gasteiger partial charge in [0.25, 0.3) is 0 Å². The molecule has 1 heterocycles. The first-order valence-electron chi connectivity index (χ1n) is 9.40. The van der Waals surface area contributed by atoms with Crippen molar-refractivity contribution in [3.8, 4) is 5.75 Å². The molecule has 24 heavy (non-hydrogen) atoms. The number of para-hydroxylation sites is 1. The van der Waals surface area contributed by atoms with Crippen LogP contribution in [0.5, 0.6) is 5.75 Å². The van der Waals surface area contributed by atoms with Gasteiger partial charge in [0, 0.05) is 37.3 Å². The van der Waals surface area contributed by atoms with Gasteiger partial charge in [0.15, 0.2) is 0 Å². The van der Waals surface area contributed by atoms with Gasteiger partial charge in [0.1, 0.15) is 5.75 Å². The van der Waals surface area contributed by atoms with Gasteiger partial charge in [-0.3, -0.25) is 4.90 Å². The first-order valence-corrected chi connectivity index (χ1v) is 9.40. The van der Waals surface area contributed by atoms with Gasteiger partial charge in [-0.25, -0.2) is 0 Å². The molecule has 2 N–H and O–H groups in total. The number of ether oxygens (including phenoxy) is 1. The molecule has 2 aliphatic rings. The molecule has 1 aromatic carbocycles. The standard InChI is InChI=1S/C20H32N2O2/c1-15(2)24-19-7-5-4-6-17(19)18-14-22(13-12-21-18)16-8-10-20(3,23)11-9-16/h4-7,15-16,18,21,23H,8-14H2,1-3H3/t16-,18-,20-/m1/s1. The third-order valence-electron chi connectivity index (χ3n) is 5.41. The summed E-state index contributed by atoms with van der Waals surface area (Å²) in [6, 6.07) is 9.33. The second-order valence-corrected chi connectivity index (χ2v) is 7.93. The Balaban J connectivity index is 1.68. The number of nitrogens with one attached hydrogen (secondary N) is 1. The molecule has 4 heteroatoms. The molecule has 0 spiro atoms. The van der Waals surface area contributed by atoms with Gasteiger partial charge in [0.2, 0.25) is 0 Å². The van der Waals surface area contributed by atoms with E-state index < -0.39 is 5.60 Å². The number of benzene rings is 1. The van der Waals surface area contributed by atoms with E-state index in [9.17, 15) is 5.11 Å². The van der Waals surface area contributed by atoms with Crippen LogP contribution < -0.4 is 10.1 Å². The van der Waals surface area contributed by atoms with Crippen molar-refractivity contribution < 1.29 is 9.84 Å². The highest BCUT2D eigenvalue weighted by Gasteiger charge is 2.34. The number of piperazine rings is 1. The summed E-state index contributed by atoms with van der Waals surface area (Å²) in [6.45, 7) is 9.25. The smallest absolute Gasteiger partial charge is 0.124 e. The quantitative estimate of drug-likeness (QED) is 0.889. The highest BCUT2D eigenvalue weighted by molar-refractivity contribution is 5.36. The summed E-state index contributed by atoms with van der Waals surface area (Å²) in [4.78, 5) is 2.61. The Morgan fingerprint density at radius 3 is 2.67 bits per heavy atom. The van der Waals surface area contributed by atoms with Crippen LogP contribution in [-0.4, -0.2) is 47.4 Å². The SMILES string of the molecule is CC(C)Oc1ccccc1[C@H]1CN([C@H]2CC[C@](C)(O)CC2)CCN1. The number of nitrogens with zero attached hydrogens (tertiary/aromatic N) is 1. The average Bonchev–Trinajstić information content (AvgIpc) is 2.55. The number of rotatable bonds is 4. The lowest BCUT2D eigenvalue weighted by Crippen LogP contribution is -2.52. The summed E-state index contributed by atoms with van der Waals surface area (Å²) in [7, 11) is 0. The van der Waals surface area contributed by atoms with Crippen LogP contribution in [0.4, 0.5) is 0 Å². The van der Waals surface area contributed by atoms with Crippen molar-refractivity contribution in [1.29, 1.82) is 0 Å². The molecule has 0 radical (unpaired) electrons. The largest absolute Gasteiger partial charge is 0.491 e. The Morgan fingerprint density at radius 2 is 1.96 bits per heavy atom. The Kier molecular flexibility index (Phi) is 5.48. The molecular formula is C20H32N2O2. The summed E-state index contributed by atoms with van der Waals surface area (Å²) >= 11 is 0. The van der Waals surface area contributed by atoms with Gasteiger partial charge in [-0.1, -0.05) is 18.2 Å². The Bertz CT molecular complexity index is 534. The van der Waals surface area contributed by atoms with Crippen molar-refractivity contribution in [3.05, 3.63) is 29.8 Å². The van der Waals surface area contributed by atoms with Crippen molar-refractivity contribution >= 4 is 0 Å². The van der Waals surface area contributed by atoms with Gasteiger partial charge in [-0.2, -0.15) is 0 Å². The molecular weight excluding hydrogens is 300 g/mol. The van der Waals surface area contributed by atoms with Crippen molar-refractivity contribution in [2.75, 3.05) is 19.6 Å². The Labute approximate surface area is 146 Å². The van der Waals surface area contributed by atoms with Crippen LogP contribution in [0.3, 0.4) is 0 Å². The fourth-order valence-electron chi connectivity index (χ4n) is 4.03. The highest BCUT2D eigenvalue weighted by Crippen LogP contribution is 2.33. The lowest BCUT2D eigenvalue weighted by Gasteiger charge is -2.43. The van der Waals surface area contributed by atoms with E-state index in [-0.39, 0.29) is 6.10 Å². The summed E-state index contributed by atoms with van der Waals surface area (Å²) in [5, 5.41) is 13.9. The van der Waals surface area contributed by atoms with E-state index in [1.54, 1.807) is 0 Å². The predicted octanol–water partition coefficient (Wildman–Crippen LogP) is 3.11. The topological polar surface area (TPSA) is 44.7 Å². The molecule has 2 fully saturated rings. The first-order chi connectivity index (χ1) is 11.4. The fraction of sp³-hybridized carbons (Fsp3) is 0.700. The van der Waals surface area contributed by atoms with E-state index in [0.29, 0.717) is 12.1 Å². The third kappa shape index (κ3) is 4.29. The van der Waals surface area contributed by atoms with Crippen molar-refractivity contribution in [3.63, 3.8) is 0 Å². The zero-order valence-electron chi connectivity index (χ0n) is 15.3. The summed E-state index contributed by atoms with van der Waals surface area (Å²) in [5.74, 6) is 0.999. The molecule has 1 saturated heterocycles. The van der Waals surface area contributed by atoms with E-state index >= 15 is 0 Å². The van der Waals surface area contributed by atoms with Crippen molar-refractivity contribution in [1.82, 2.24) is 10.2 Å². The molecule has 0 amide bonds. The van der Waals surface area contributed by atoms with Gasteiger partial charge in [0.05, 0.1) is 11.7 Å². The van der Waals surface area contributed by atoms with Crippen molar-refractivity contribution in [2.24, 2.45) is 0 Å². The van der Waals surface area contributed by atoms with Gasteiger partial charge < -0.3 is 15.2 Å². The number of hydrogen-bond donors (Lipinski definition) is 2. The minimum Gasteiger partial charge on any atom is -0.491 e. The maximum absolute atomic E-state index is 10.2. The second-order valence-electron chi connectivity index (χ2n) is 7.93. The maximum atomic E-state index is 10.2. The lowest BCUT2D eigenvalue weighted by molar-refractivity contribution is -0.00999. The average molecular weight is 332 g/mol. The molecule has 0 bridgehead atoms. The van der Waals surface area contributed by atoms with Gasteiger partial charge in [-0.15, -0.1) is 0 Å². The minimum absolute atomic E-state index is 0.186. The molecule has 0 unspecified atom stereocenters. The molecule has 134 valence electrons. The predicted molar refractivity (Wildman–Crippen MR) is 97.4 cm³/mol. The lowest BCUT2D eigenvalue weighted by atomic mass is 9.82. The zero-order valence-corrected chi connectivity index (χ0v) is 15.3. The molecule has 0 aromatic heterocycles. The van der Waals surface area contributed by atoms with Crippen LogP contribution in [0, 0.1) is 0 Å². The molecule has 1 atom stereocenters. The minimum atomic E-state index is -0.457. The van der Waals surface area contributed by atoms with Crippen LogP contribution in [0.25, 0.3) is 0 Å². The second kappa shape index (κ2) is 7.42. The van der Waals surface area contributed by atoms with Crippen molar-refractivity contribution in [2.45, 2.75) is 70.2 Å². The van der Waals surface area contributed by atoms with Crippen LogP contribution in [0.1, 0.15) is 58.1 Å². The van der Waals surface area contributed by atoms with E-state index in [1.807, 2.05) is 13.0 Å². The third-order valence-corrected chi connectivity index (χ3v) is 5.41. The zero-order chi connectivity index (χ0) is 17.2. The van der Waals surface area contributed by atoms with Gasteiger partial charge >= 0.3 is 0 Å². The summed E-state index contributed by atoms with van der Waals surface area (Å²) in [6.07, 6.45) is 4.22. The Hall–Kier alpha value is -1.10. The fourth-order valence-corrected chi connectivity index (χ4v) is 4.03. The van der Waals surface area contributed by atoms with Crippen LogP contribution in [0.2, 0.25) is 0 Å². The molecule has 3 rings (SSSR count). The summed E-state index contributed by atoms with van der Waals surface area (Å²) in [5.41, 5.74) is 0.806. The monoisotopic (exact) mass is 332 g/mol. The molecule has 1 aromatic rings. The number of aliphatic hydroxyl groups is 1. The van der Waals surface area contributed by atoms with Crippen LogP contribution in [0.15, 0.2) is 24.3 Å². The maximum Gasteiger partial charge on any atom is 0.124 e. The molecule has 1 saturated carbocycles. The van der Waals surface area contributed by atoms with E-state index in [4.69, 9.17) is 4.74 Å². The van der Waals surface area contributed by atoms with Crippen LogP contribution in [-0.2, 0) is 0 Å². The number of hydrogen-bond acceptors (Lipinski definition) is 4. The van der Waals surface area contributed by atoms with Crippen LogP contribution >= 0.6 is 0 Å². The molecule has 1 aliphatic heterocycles. The highest BCUT2D eigenvalue weighted by atomic mass is 16.5. The van der Waals surface area contributed by atoms with E-state index in [1.165, 1.54) is 5.56 Å². The Morgan fingerprint density at radius 1 is 1.25 bits per heavy atom. The molecule has 1 aliphatic carbocycles. The molecule has 4 nitrogen and oxygen atoms in total. The summed E-state index contributed by atoms with van der Waals surface area (Å²) < 4.78 is 6.01. The van der Waals surface area contributed by atoms with Gasteiger partial charge in [-0.05, 0) is 52.5 Å². The normalized spacial score (nSPS) is 32.0. The van der Waals surface area contributed by atoms with E-state index in [2.05, 4.69) is 42.3 Å².